The van der Waals surface area contributed by atoms with Gasteiger partial charge in [0.05, 0.1) is 27.6 Å². The lowest BCUT2D eigenvalue weighted by Crippen LogP contribution is -2.48. The molecule has 1 aliphatic rings. The van der Waals surface area contributed by atoms with Crippen LogP contribution in [-0.4, -0.2) is 56.0 Å². The number of fused-ring (bicyclic) bond motifs is 2. The Labute approximate surface area is 315 Å². The Hall–Kier alpha value is -5.60. The number of nitrogens with zero attached hydrogens (tertiary/aromatic N) is 1. The Morgan fingerprint density at radius 2 is 1.58 bits per heavy atom. The third-order valence-electron chi connectivity index (χ3n) is 9.76. The summed E-state index contributed by atoms with van der Waals surface area (Å²) in [6.45, 7) is 9.61. The first-order valence-corrected chi connectivity index (χ1v) is 18.4. The van der Waals surface area contributed by atoms with E-state index in [1.165, 1.54) is 6.07 Å². The number of aromatic nitrogens is 4. The highest BCUT2D eigenvalue weighted by atomic mass is 19.4. The molecule has 12 nitrogen and oxygen atoms in total. The van der Waals surface area contributed by atoms with Crippen LogP contribution in [0.3, 0.4) is 0 Å². The van der Waals surface area contributed by atoms with E-state index in [1.807, 2.05) is 13.8 Å². The topological polar surface area (TPSA) is 174 Å². The fourth-order valence-corrected chi connectivity index (χ4v) is 6.89. The molecular weight excluding hydrogens is 715 g/mol. The number of amides is 3. The van der Waals surface area contributed by atoms with Crippen molar-refractivity contribution in [3.8, 4) is 11.1 Å². The average Bonchev–Trinajstić information content (AvgIpc) is 3.71. The van der Waals surface area contributed by atoms with Crippen LogP contribution in [0.4, 0.5) is 23.7 Å². The molecule has 3 aromatic carbocycles. The second-order valence-corrected chi connectivity index (χ2v) is 15.6. The summed E-state index contributed by atoms with van der Waals surface area (Å²) in [5, 5.41) is 8.57. The molecule has 1 atom stereocenters. The lowest BCUT2D eigenvalue weighted by molar-refractivity contribution is -0.137. The van der Waals surface area contributed by atoms with Gasteiger partial charge in [-0.25, -0.2) is 14.6 Å². The molecule has 1 aliphatic carbocycles. The number of rotatable bonds is 10. The summed E-state index contributed by atoms with van der Waals surface area (Å²) in [5.41, 5.74) is 1.28. The van der Waals surface area contributed by atoms with Crippen molar-refractivity contribution in [2.75, 3.05) is 11.9 Å². The number of benzene rings is 3. The summed E-state index contributed by atoms with van der Waals surface area (Å²) < 4.78 is 48.2. The Kier molecular flexibility index (Phi) is 11.1. The van der Waals surface area contributed by atoms with Crippen LogP contribution in [0.1, 0.15) is 83.2 Å². The molecule has 6 N–H and O–H groups in total. The molecule has 3 amide bonds. The van der Waals surface area contributed by atoms with Gasteiger partial charge in [0.1, 0.15) is 17.5 Å². The number of carbonyl (C=O) groups excluding carboxylic acids is 3. The molecule has 1 unspecified atom stereocenters. The van der Waals surface area contributed by atoms with E-state index in [4.69, 9.17) is 4.74 Å². The summed E-state index contributed by atoms with van der Waals surface area (Å²) >= 11 is 0. The minimum atomic E-state index is -4.62. The number of imidazole rings is 2. The number of halogens is 3. The lowest BCUT2D eigenvalue weighted by Gasteiger charge is -2.29. The van der Waals surface area contributed by atoms with Crippen molar-refractivity contribution in [2.45, 2.75) is 90.5 Å². The van der Waals surface area contributed by atoms with Gasteiger partial charge in [-0.05, 0) is 99.4 Å². The van der Waals surface area contributed by atoms with Gasteiger partial charge in [0.25, 0.3) is 0 Å². The van der Waals surface area contributed by atoms with Gasteiger partial charge in [0.2, 0.25) is 11.8 Å². The van der Waals surface area contributed by atoms with Crippen LogP contribution in [0.25, 0.3) is 33.2 Å². The van der Waals surface area contributed by atoms with Crippen molar-refractivity contribution in [3.05, 3.63) is 82.0 Å². The molecule has 0 aliphatic heterocycles. The lowest BCUT2D eigenvalue weighted by atomic mass is 9.81. The van der Waals surface area contributed by atoms with Crippen LogP contribution < -0.4 is 21.6 Å². The zero-order valence-electron chi connectivity index (χ0n) is 31.4. The number of hydrogen-bond acceptors (Lipinski definition) is 6. The van der Waals surface area contributed by atoms with Crippen molar-refractivity contribution in [1.82, 2.24) is 30.6 Å². The predicted octanol–water partition coefficient (Wildman–Crippen LogP) is 7.54. The maximum absolute atomic E-state index is 14.3. The number of anilines is 1. The largest absolute Gasteiger partial charge is 0.444 e. The fourth-order valence-electron chi connectivity index (χ4n) is 6.89. The minimum absolute atomic E-state index is 0.00109. The number of ether oxygens (including phenoxy) is 1. The number of H-pyrrole nitrogens is 3. The van der Waals surface area contributed by atoms with E-state index in [0.717, 1.165) is 6.07 Å². The zero-order valence-corrected chi connectivity index (χ0v) is 31.4. The number of hydrogen-bond donors (Lipinski definition) is 6. The summed E-state index contributed by atoms with van der Waals surface area (Å²) in [6, 6.07) is 12.8. The molecule has 0 saturated heterocycles. The van der Waals surface area contributed by atoms with Gasteiger partial charge in [0.15, 0.2) is 0 Å². The Balaban J connectivity index is 1.19. The van der Waals surface area contributed by atoms with Crippen molar-refractivity contribution in [1.29, 1.82) is 0 Å². The van der Waals surface area contributed by atoms with Crippen LogP contribution in [0.5, 0.6) is 0 Å². The number of alkyl halides is 3. The van der Waals surface area contributed by atoms with Crippen LogP contribution in [0, 0.1) is 11.8 Å². The third-order valence-corrected chi connectivity index (χ3v) is 9.76. The van der Waals surface area contributed by atoms with E-state index in [2.05, 4.69) is 35.9 Å². The fraction of sp³-hybridized carbons (Fsp3) is 0.425. The highest BCUT2D eigenvalue weighted by molar-refractivity contribution is 5.99. The molecular formula is C40H46F3N7O5. The standard InChI is InChI=1S/C40H46F3N7O5/c1-21(2)34-46-31-18-27(28(40(41,42)43)19-32(31)47-34)24-10-6-22(7-11-24)16-33(36(52)45-26-14-15-29-30(17-26)50-37(53)49-29)48-35(51)25-12-8-23(9-13-25)20-44-38(54)55-39(3,4)5/h6-7,10-11,14-15,17-19,21,23,25,33H,8-9,12-13,16,20H2,1-5H3,(H,44,54)(H,45,52)(H,46,47)(H,48,51)(H2,49,50,53). The van der Waals surface area contributed by atoms with Gasteiger partial charge >= 0.3 is 18.0 Å². The van der Waals surface area contributed by atoms with Gasteiger partial charge in [-0.15, -0.1) is 0 Å². The maximum Gasteiger partial charge on any atom is 0.417 e. The van der Waals surface area contributed by atoms with Crippen LogP contribution in [0.15, 0.2) is 59.4 Å². The molecule has 0 radical (unpaired) electrons. The molecule has 15 heteroatoms. The Bertz CT molecular complexity index is 2240. The van der Waals surface area contributed by atoms with E-state index in [-0.39, 0.29) is 35.6 Å². The quantitative estimate of drug-likeness (QED) is 0.0858. The first kappa shape index (κ1) is 39.1. The van der Waals surface area contributed by atoms with Gasteiger partial charge in [0, 0.05) is 30.5 Å². The molecule has 2 heterocycles. The molecule has 2 aromatic heterocycles. The van der Waals surface area contributed by atoms with Gasteiger partial charge in [-0.2, -0.15) is 13.2 Å². The van der Waals surface area contributed by atoms with E-state index in [9.17, 15) is 32.3 Å². The predicted molar refractivity (Wildman–Crippen MR) is 203 cm³/mol. The molecule has 5 aromatic rings. The smallest absolute Gasteiger partial charge is 0.417 e. The summed E-state index contributed by atoms with van der Waals surface area (Å²) in [7, 11) is 0. The molecule has 1 saturated carbocycles. The number of alkyl carbamates (subject to hydrolysis) is 1. The van der Waals surface area contributed by atoms with Gasteiger partial charge in [-0.3, -0.25) is 9.59 Å². The zero-order chi connectivity index (χ0) is 39.7. The molecule has 55 heavy (non-hydrogen) atoms. The average molecular weight is 762 g/mol. The maximum atomic E-state index is 14.3. The van der Waals surface area contributed by atoms with E-state index < -0.39 is 41.1 Å². The van der Waals surface area contributed by atoms with E-state index in [1.54, 1.807) is 63.2 Å². The summed E-state index contributed by atoms with van der Waals surface area (Å²) in [5.74, 6) is -0.387. The Morgan fingerprint density at radius 1 is 0.891 bits per heavy atom. The molecule has 0 spiro atoms. The van der Waals surface area contributed by atoms with E-state index >= 15 is 0 Å². The second kappa shape index (κ2) is 15.6. The SMILES string of the molecule is CC(C)c1nc2cc(-c3ccc(CC(NC(=O)C4CCC(CNC(=O)OC(C)(C)C)CC4)C(=O)Nc4ccc5[nH]c(=O)[nH]c5c4)cc3)c(C(F)(F)F)cc2[nH]1. The van der Waals surface area contributed by atoms with Crippen molar-refractivity contribution in [3.63, 3.8) is 0 Å². The normalized spacial score (nSPS) is 17.0. The second-order valence-electron chi connectivity index (χ2n) is 15.6. The van der Waals surface area contributed by atoms with Gasteiger partial charge in [-0.1, -0.05) is 38.1 Å². The first-order chi connectivity index (χ1) is 25.9. The van der Waals surface area contributed by atoms with E-state index in [0.29, 0.717) is 76.9 Å². The summed E-state index contributed by atoms with van der Waals surface area (Å²) in [6.07, 6.45) is -2.54. The monoisotopic (exact) mass is 761 g/mol. The van der Waals surface area contributed by atoms with Crippen LogP contribution in [-0.2, 0) is 26.9 Å². The highest BCUT2D eigenvalue weighted by Crippen LogP contribution is 2.39. The molecule has 0 bridgehead atoms. The third kappa shape index (κ3) is 9.75. The Morgan fingerprint density at radius 3 is 2.24 bits per heavy atom. The first-order valence-electron chi connectivity index (χ1n) is 18.4. The van der Waals surface area contributed by atoms with Crippen molar-refractivity contribution in [2.24, 2.45) is 11.8 Å². The molecule has 6 rings (SSSR count). The molecule has 292 valence electrons. The van der Waals surface area contributed by atoms with Gasteiger partial charge < -0.3 is 35.6 Å². The number of nitrogens with one attached hydrogen (secondary N) is 6. The summed E-state index contributed by atoms with van der Waals surface area (Å²) in [4.78, 5) is 64.1. The van der Waals surface area contributed by atoms with Crippen molar-refractivity contribution < 1.29 is 32.3 Å². The molecule has 1 fully saturated rings. The van der Waals surface area contributed by atoms with Crippen molar-refractivity contribution >= 4 is 45.7 Å². The van der Waals surface area contributed by atoms with Crippen LogP contribution >= 0.6 is 0 Å². The highest BCUT2D eigenvalue weighted by Gasteiger charge is 2.35. The number of aromatic amines is 3. The minimum Gasteiger partial charge on any atom is -0.444 e. The number of carbonyl (C=O) groups is 3. The van der Waals surface area contributed by atoms with Crippen LogP contribution in [0.2, 0.25) is 0 Å².